The molecule has 3 rings (SSSR count). The van der Waals surface area contributed by atoms with Crippen LogP contribution < -0.4 is 5.32 Å². The highest BCUT2D eigenvalue weighted by Crippen LogP contribution is 2.49. The van der Waals surface area contributed by atoms with E-state index >= 15 is 0 Å². The average molecular weight is 323 g/mol. The zero-order valence-corrected chi connectivity index (χ0v) is 13.7. The summed E-state index contributed by atoms with van der Waals surface area (Å²) in [5.41, 5.74) is 2.19. The van der Waals surface area contributed by atoms with Crippen molar-refractivity contribution in [3.8, 4) is 0 Å². The van der Waals surface area contributed by atoms with Gasteiger partial charge in [0, 0.05) is 5.69 Å². The van der Waals surface area contributed by atoms with E-state index in [-0.39, 0.29) is 11.3 Å². The third kappa shape index (κ3) is 3.48. The summed E-state index contributed by atoms with van der Waals surface area (Å²) in [5, 5.41) is 12.1. The molecule has 0 heterocycles. The molecule has 2 aromatic carbocycles. The summed E-state index contributed by atoms with van der Waals surface area (Å²) in [6.07, 6.45) is 2.52. The van der Waals surface area contributed by atoms with Crippen molar-refractivity contribution < 1.29 is 14.7 Å². The molecule has 24 heavy (non-hydrogen) atoms. The number of carboxylic acid groups (broad SMARTS) is 1. The molecule has 4 heteroatoms. The minimum Gasteiger partial charge on any atom is -0.481 e. The van der Waals surface area contributed by atoms with Crippen LogP contribution >= 0.6 is 0 Å². The van der Waals surface area contributed by atoms with Crippen molar-refractivity contribution in [3.05, 3.63) is 65.7 Å². The smallest absolute Gasteiger partial charge is 0.310 e. The fourth-order valence-electron chi connectivity index (χ4n) is 2.91. The summed E-state index contributed by atoms with van der Waals surface area (Å²) < 4.78 is 0. The summed E-state index contributed by atoms with van der Waals surface area (Å²) in [6, 6.07) is 17.1. The maximum absolute atomic E-state index is 12.7. The van der Waals surface area contributed by atoms with Gasteiger partial charge in [-0.3, -0.25) is 9.59 Å². The highest BCUT2D eigenvalue weighted by Gasteiger charge is 2.49. The third-order valence-corrected chi connectivity index (χ3v) is 4.74. The normalized spacial score (nSPS) is 16.2. The Hall–Kier alpha value is -2.62. The molecule has 4 nitrogen and oxygen atoms in total. The number of carboxylic acids is 1. The first-order valence-electron chi connectivity index (χ1n) is 8.18. The van der Waals surface area contributed by atoms with Crippen molar-refractivity contribution in [1.29, 1.82) is 0 Å². The Morgan fingerprint density at radius 3 is 2.46 bits per heavy atom. The summed E-state index contributed by atoms with van der Waals surface area (Å²) in [5.74, 6) is -1.45. The van der Waals surface area contributed by atoms with E-state index in [4.69, 9.17) is 5.11 Å². The molecule has 1 atom stereocenters. The Kier molecular flexibility index (Phi) is 4.38. The highest BCUT2D eigenvalue weighted by molar-refractivity contribution is 5.97. The van der Waals surface area contributed by atoms with Crippen molar-refractivity contribution in [2.75, 3.05) is 5.32 Å². The zero-order valence-electron chi connectivity index (χ0n) is 13.7. The molecule has 0 aliphatic heterocycles. The van der Waals surface area contributed by atoms with Crippen LogP contribution in [-0.2, 0) is 16.0 Å². The van der Waals surface area contributed by atoms with Crippen LogP contribution in [0.15, 0.2) is 54.6 Å². The molecule has 0 bridgehead atoms. The van der Waals surface area contributed by atoms with Crippen molar-refractivity contribution in [2.24, 2.45) is 5.41 Å². The van der Waals surface area contributed by atoms with Crippen molar-refractivity contribution >= 4 is 17.6 Å². The minimum atomic E-state index is -0.874. The highest BCUT2D eigenvalue weighted by atomic mass is 16.4. The van der Waals surface area contributed by atoms with Gasteiger partial charge >= 0.3 is 5.97 Å². The fourth-order valence-corrected chi connectivity index (χ4v) is 2.91. The molecule has 124 valence electrons. The SMILES string of the molecule is CC(C(=O)O)c1cccc(NC(=O)C2(Cc3ccccc3)CC2)c1. The van der Waals surface area contributed by atoms with Gasteiger partial charge in [-0.25, -0.2) is 0 Å². The van der Waals surface area contributed by atoms with E-state index in [1.165, 1.54) is 5.56 Å². The lowest BCUT2D eigenvalue weighted by Crippen LogP contribution is -2.26. The van der Waals surface area contributed by atoms with Gasteiger partial charge in [-0.05, 0) is 49.4 Å². The van der Waals surface area contributed by atoms with E-state index in [2.05, 4.69) is 5.32 Å². The Labute approximate surface area is 141 Å². The molecular formula is C20H21NO3. The lowest BCUT2D eigenvalue weighted by molar-refractivity contribution is -0.138. The maximum atomic E-state index is 12.7. The second-order valence-corrected chi connectivity index (χ2v) is 6.58. The van der Waals surface area contributed by atoms with Gasteiger partial charge in [-0.15, -0.1) is 0 Å². The summed E-state index contributed by atoms with van der Waals surface area (Å²) >= 11 is 0. The van der Waals surface area contributed by atoms with Gasteiger partial charge < -0.3 is 10.4 Å². The number of rotatable bonds is 6. The average Bonchev–Trinajstić information content (AvgIpc) is 3.36. The van der Waals surface area contributed by atoms with E-state index in [0.717, 1.165) is 19.3 Å². The van der Waals surface area contributed by atoms with Crippen LogP contribution in [0.1, 0.15) is 36.8 Å². The molecule has 0 radical (unpaired) electrons. The molecule has 1 amide bonds. The van der Waals surface area contributed by atoms with Crippen LogP contribution in [0.5, 0.6) is 0 Å². The van der Waals surface area contributed by atoms with Crippen LogP contribution in [0, 0.1) is 5.41 Å². The predicted octanol–water partition coefficient (Wildman–Crippen LogP) is 3.84. The van der Waals surface area contributed by atoms with E-state index in [9.17, 15) is 9.59 Å². The maximum Gasteiger partial charge on any atom is 0.310 e. The summed E-state index contributed by atoms with van der Waals surface area (Å²) in [7, 11) is 0. The second-order valence-electron chi connectivity index (χ2n) is 6.58. The van der Waals surface area contributed by atoms with Gasteiger partial charge in [-0.2, -0.15) is 0 Å². The predicted molar refractivity (Wildman–Crippen MR) is 92.9 cm³/mol. The molecule has 0 aromatic heterocycles. The number of carbonyl (C=O) groups excluding carboxylic acids is 1. The minimum absolute atomic E-state index is 0.0199. The van der Waals surface area contributed by atoms with Crippen LogP contribution in [0.4, 0.5) is 5.69 Å². The second kappa shape index (κ2) is 6.48. The zero-order chi connectivity index (χ0) is 17.2. The summed E-state index contributed by atoms with van der Waals surface area (Å²) in [6.45, 7) is 1.64. The number of carbonyl (C=O) groups is 2. The molecule has 1 fully saturated rings. The first-order valence-corrected chi connectivity index (χ1v) is 8.18. The lowest BCUT2D eigenvalue weighted by Gasteiger charge is -2.16. The van der Waals surface area contributed by atoms with Crippen LogP contribution in [0.3, 0.4) is 0 Å². The lowest BCUT2D eigenvalue weighted by atomic mass is 9.95. The Bertz CT molecular complexity index is 750. The first-order chi connectivity index (χ1) is 11.5. The number of benzene rings is 2. The van der Waals surface area contributed by atoms with Crippen molar-refractivity contribution in [1.82, 2.24) is 0 Å². The van der Waals surface area contributed by atoms with Gasteiger partial charge in [-0.1, -0.05) is 42.5 Å². The standard InChI is InChI=1S/C20H21NO3/c1-14(18(22)23)16-8-5-9-17(12-16)21-19(24)20(10-11-20)13-15-6-3-2-4-7-15/h2-9,12,14H,10-11,13H2,1H3,(H,21,24)(H,22,23). The molecule has 0 saturated heterocycles. The molecule has 1 unspecified atom stereocenters. The van der Waals surface area contributed by atoms with Crippen LogP contribution in [-0.4, -0.2) is 17.0 Å². The number of nitrogens with one attached hydrogen (secondary N) is 1. The quantitative estimate of drug-likeness (QED) is 0.849. The summed E-state index contributed by atoms with van der Waals surface area (Å²) in [4.78, 5) is 23.8. The Morgan fingerprint density at radius 2 is 1.83 bits per heavy atom. The van der Waals surface area contributed by atoms with E-state index in [1.807, 2.05) is 30.3 Å². The van der Waals surface area contributed by atoms with Crippen LogP contribution in [0.25, 0.3) is 0 Å². The van der Waals surface area contributed by atoms with Gasteiger partial charge in [0.2, 0.25) is 5.91 Å². The van der Waals surface area contributed by atoms with Gasteiger partial charge in [0.15, 0.2) is 0 Å². The first kappa shape index (κ1) is 16.2. The van der Waals surface area contributed by atoms with Gasteiger partial charge in [0.1, 0.15) is 0 Å². The van der Waals surface area contributed by atoms with Crippen molar-refractivity contribution in [3.63, 3.8) is 0 Å². The van der Waals surface area contributed by atoms with E-state index in [1.54, 1.807) is 31.2 Å². The van der Waals surface area contributed by atoms with E-state index < -0.39 is 11.9 Å². The molecular weight excluding hydrogens is 302 g/mol. The van der Waals surface area contributed by atoms with Gasteiger partial charge in [0.25, 0.3) is 0 Å². The van der Waals surface area contributed by atoms with Crippen LogP contribution in [0.2, 0.25) is 0 Å². The molecule has 2 aromatic rings. The number of hydrogen-bond acceptors (Lipinski definition) is 2. The molecule has 0 spiro atoms. The third-order valence-electron chi connectivity index (χ3n) is 4.74. The molecule has 2 N–H and O–H groups in total. The topological polar surface area (TPSA) is 66.4 Å². The number of aliphatic carboxylic acids is 1. The molecule has 1 aliphatic carbocycles. The van der Waals surface area contributed by atoms with Crippen molar-refractivity contribution in [2.45, 2.75) is 32.1 Å². The fraction of sp³-hybridized carbons (Fsp3) is 0.300. The molecule has 1 saturated carbocycles. The monoisotopic (exact) mass is 323 g/mol. The van der Waals surface area contributed by atoms with E-state index in [0.29, 0.717) is 11.3 Å². The Morgan fingerprint density at radius 1 is 1.12 bits per heavy atom. The number of anilines is 1. The number of amides is 1. The van der Waals surface area contributed by atoms with Gasteiger partial charge in [0.05, 0.1) is 11.3 Å². The molecule has 1 aliphatic rings. The number of hydrogen-bond donors (Lipinski definition) is 2. The largest absolute Gasteiger partial charge is 0.481 e. The Balaban J connectivity index is 1.71.